The molecule has 4 N–H and O–H groups in total. The highest BCUT2D eigenvalue weighted by molar-refractivity contribution is 7.80. The van der Waals surface area contributed by atoms with E-state index in [1.165, 1.54) is 50.6 Å². The van der Waals surface area contributed by atoms with Gasteiger partial charge in [0.25, 0.3) is 11.8 Å². The Bertz CT molecular complexity index is 1010. The van der Waals surface area contributed by atoms with Gasteiger partial charge in [0.05, 0.1) is 5.56 Å². The normalized spacial score (nSPS) is 13.7. The molecule has 7 nitrogen and oxygen atoms in total. The highest BCUT2D eigenvalue weighted by atomic mass is 32.1. The average Bonchev–Trinajstić information content (AvgIpc) is 2.86. The van der Waals surface area contributed by atoms with Crippen molar-refractivity contribution in [2.45, 2.75) is 39.0 Å². The minimum absolute atomic E-state index is 0.0347. The maximum absolute atomic E-state index is 13.9. The van der Waals surface area contributed by atoms with Crippen molar-refractivity contribution in [2.24, 2.45) is 0 Å². The number of hydrogen-bond acceptors (Lipinski definition) is 4. The van der Waals surface area contributed by atoms with Crippen molar-refractivity contribution >= 4 is 34.8 Å². The first-order valence-corrected chi connectivity index (χ1v) is 12.1. The van der Waals surface area contributed by atoms with Gasteiger partial charge >= 0.3 is 0 Å². The Labute approximate surface area is 205 Å². The van der Waals surface area contributed by atoms with E-state index < -0.39 is 11.7 Å². The first-order chi connectivity index (χ1) is 16.5. The van der Waals surface area contributed by atoms with Gasteiger partial charge in [-0.2, -0.15) is 0 Å². The van der Waals surface area contributed by atoms with Crippen LogP contribution in [0.25, 0.3) is 0 Å². The second-order valence-corrected chi connectivity index (χ2v) is 8.66. The first kappa shape index (κ1) is 25.6. The van der Waals surface area contributed by atoms with Gasteiger partial charge in [-0.15, -0.1) is 0 Å². The second kappa shape index (κ2) is 13.0. The van der Waals surface area contributed by atoms with Crippen LogP contribution in [-0.2, 0) is 6.42 Å². The van der Waals surface area contributed by atoms with Crippen LogP contribution < -0.4 is 21.5 Å². The van der Waals surface area contributed by atoms with Crippen LogP contribution in [0.3, 0.4) is 0 Å². The minimum Gasteiger partial charge on any atom is -0.361 e. The quantitative estimate of drug-likeness (QED) is 0.260. The zero-order valence-corrected chi connectivity index (χ0v) is 20.3. The predicted octanol–water partition coefficient (Wildman–Crippen LogP) is 3.63. The smallest absolute Gasteiger partial charge is 0.269 e. The second-order valence-electron chi connectivity index (χ2n) is 8.25. The van der Waals surface area contributed by atoms with Crippen molar-refractivity contribution in [3.8, 4) is 0 Å². The SMILES string of the molecule is CCc1cc(C(=O)NNC(=S)NCCCN2CCCCC2)ccc1NC(=O)c1ccccc1F. The monoisotopic (exact) mass is 485 g/mol. The van der Waals surface area contributed by atoms with Crippen molar-refractivity contribution in [2.75, 3.05) is 31.5 Å². The lowest BCUT2D eigenvalue weighted by Crippen LogP contribution is -2.47. The van der Waals surface area contributed by atoms with Gasteiger partial charge in [0.2, 0.25) is 0 Å². The van der Waals surface area contributed by atoms with Gasteiger partial charge in [-0.05, 0) is 93.4 Å². The van der Waals surface area contributed by atoms with Gasteiger partial charge < -0.3 is 15.5 Å². The number of aryl methyl sites for hydroxylation is 1. The van der Waals surface area contributed by atoms with E-state index in [1.54, 1.807) is 24.3 Å². The van der Waals surface area contributed by atoms with E-state index in [9.17, 15) is 14.0 Å². The molecule has 1 heterocycles. The topological polar surface area (TPSA) is 85.5 Å². The molecule has 2 aromatic rings. The molecule has 0 aromatic heterocycles. The summed E-state index contributed by atoms with van der Waals surface area (Å²) in [6.07, 6.45) is 5.44. The van der Waals surface area contributed by atoms with Gasteiger partial charge in [-0.3, -0.25) is 20.4 Å². The maximum atomic E-state index is 13.9. The minimum atomic E-state index is -0.587. The third-order valence-corrected chi connectivity index (χ3v) is 6.04. The molecule has 182 valence electrons. The molecule has 1 aliphatic rings. The van der Waals surface area contributed by atoms with Gasteiger partial charge in [-0.25, -0.2) is 4.39 Å². The summed E-state index contributed by atoms with van der Waals surface area (Å²) in [6.45, 7) is 6.03. The molecule has 1 saturated heterocycles. The fourth-order valence-corrected chi connectivity index (χ4v) is 4.05. The molecule has 0 bridgehead atoms. The number of piperidine rings is 1. The number of likely N-dealkylation sites (tertiary alicyclic amines) is 1. The van der Waals surface area contributed by atoms with E-state index in [-0.39, 0.29) is 11.5 Å². The van der Waals surface area contributed by atoms with E-state index in [0.717, 1.165) is 25.1 Å². The molecule has 9 heteroatoms. The number of carbonyl (C=O) groups is 2. The first-order valence-electron chi connectivity index (χ1n) is 11.7. The standard InChI is InChI=1S/C25H32FN5O2S/c1-2-18-17-19(11-12-22(18)28-24(33)20-9-4-5-10-21(20)26)23(32)29-30-25(34)27-13-8-16-31-14-6-3-7-15-31/h4-5,9-12,17H,2-3,6-8,13-16H2,1H3,(H,28,33)(H,29,32)(H2,27,30,34). The van der Waals surface area contributed by atoms with Crippen LogP contribution in [-0.4, -0.2) is 48.0 Å². The van der Waals surface area contributed by atoms with E-state index >= 15 is 0 Å². The largest absolute Gasteiger partial charge is 0.361 e. The van der Waals surface area contributed by atoms with Crippen LogP contribution in [0.2, 0.25) is 0 Å². The van der Waals surface area contributed by atoms with Crippen LogP contribution >= 0.6 is 12.2 Å². The third-order valence-electron chi connectivity index (χ3n) is 5.79. The molecule has 0 spiro atoms. The van der Waals surface area contributed by atoms with Gasteiger partial charge in [0.15, 0.2) is 5.11 Å². The predicted molar refractivity (Wildman–Crippen MR) is 136 cm³/mol. The van der Waals surface area contributed by atoms with Gasteiger partial charge in [0.1, 0.15) is 5.82 Å². The molecule has 3 rings (SSSR count). The van der Waals surface area contributed by atoms with E-state index in [0.29, 0.717) is 22.8 Å². The van der Waals surface area contributed by atoms with Gasteiger partial charge in [-0.1, -0.05) is 25.5 Å². The Balaban J connectivity index is 1.46. The highest BCUT2D eigenvalue weighted by Gasteiger charge is 2.15. The Hall–Kier alpha value is -3.04. The number of anilines is 1. The number of amides is 2. The maximum Gasteiger partial charge on any atom is 0.269 e. The summed E-state index contributed by atoms with van der Waals surface area (Å²) in [5, 5.41) is 6.19. The fourth-order valence-electron chi connectivity index (χ4n) is 3.90. The molecule has 0 unspecified atom stereocenters. The number of rotatable bonds is 8. The summed E-state index contributed by atoms with van der Waals surface area (Å²) in [5.74, 6) is -1.47. The molecule has 2 amide bonds. The Morgan fingerprint density at radius 3 is 2.53 bits per heavy atom. The molecule has 0 saturated carbocycles. The molecule has 0 radical (unpaired) electrons. The number of halogens is 1. The third kappa shape index (κ3) is 7.50. The molecular formula is C25H32FN5O2S. The van der Waals surface area contributed by atoms with Crippen LogP contribution in [0.4, 0.5) is 10.1 Å². The zero-order chi connectivity index (χ0) is 24.3. The van der Waals surface area contributed by atoms with Gasteiger partial charge in [0, 0.05) is 17.8 Å². The van der Waals surface area contributed by atoms with Crippen molar-refractivity contribution < 1.29 is 14.0 Å². The average molecular weight is 486 g/mol. The van der Waals surface area contributed by atoms with E-state index in [2.05, 4.69) is 26.4 Å². The molecule has 0 aliphatic carbocycles. The van der Waals surface area contributed by atoms with E-state index in [4.69, 9.17) is 12.2 Å². The molecular weight excluding hydrogens is 453 g/mol. The summed E-state index contributed by atoms with van der Waals surface area (Å²) >= 11 is 5.24. The van der Waals surface area contributed by atoms with Crippen LogP contribution in [0.1, 0.15) is 58.9 Å². The summed E-state index contributed by atoms with van der Waals surface area (Å²) in [6, 6.07) is 10.7. The molecule has 0 atom stereocenters. The van der Waals surface area contributed by atoms with Crippen LogP contribution in [0.5, 0.6) is 0 Å². The zero-order valence-electron chi connectivity index (χ0n) is 19.5. The summed E-state index contributed by atoms with van der Waals surface area (Å²) in [5.41, 5.74) is 7.00. The van der Waals surface area contributed by atoms with Crippen molar-refractivity contribution in [3.63, 3.8) is 0 Å². The Morgan fingerprint density at radius 2 is 1.79 bits per heavy atom. The fraction of sp³-hybridized carbons (Fsp3) is 0.400. The lowest BCUT2D eigenvalue weighted by molar-refractivity contribution is 0.0943. The molecule has 1 aliphatic heterocycles. The summed E-state index contributed by atoms with van der Waals surface area (Å²) < 4.78 is 13.9. The molecule has 2 aromatic carbocycles. The number of nitrogens with zero attached hydrogens (tertiary/aromatic N) is 1. The lowest BCUT2D eigenvalue weighted by Gasteiger charge is -2.26. The van der Waals surface area contributed by atoms with Crippen LogP contribution in [0.15, 0.2) is 42.5 Å². The van der Waals surface area contributed by atoms with Crippen molar-refractivity contribution in [1.82, 2.24) is 21.1 Å². The van der Waals surface area contributed by atoms with Crippen LogP contribution in [0, 0.1) is 5.82 Å². The summed E-state index contributed by atoms with van der Waals surface area (Å²) in [4.78, 5) is 27.5. The number of carbonyl (C=O) groups excluding carboxylic acids is 2. The number of hydrazine groups is 1. The number of benzene rings is 2. The number of thiocarbonyl (C=S) groups is 1. The van der Waals surface area contributed by atoms with Crippen molar-refractivity contribution in [3.05, 3.63) is 65.0 Å². The highest BCUT2D eigenvalue weighted by Crippen LogP contribution is 2.20. The van der Waals surface area contributed by atoms with E-state index in [1.807, 2.05) is 6.92 Å². The Kier molecular flexibility index (Phi) is 9.78. The number of hydrogen-bond donors (Lipinski definition) is 4. The lowest BCUT2D eigenvalue weighted by atomic mass is 10.1. The molecule has 1 fully saturated rings. The van der Waals surface area contributed by atoms with Crippen molar-refractivity contribution in [1.29, 1.82) is 0 Å². The summed E-state index contributed by atoms with van der Waals surface area (Å²) in [7, 11) is 0. The molecule has 34 heavy (non-hydrogen) atoms. The Morgan fingerprint density at radius 1 is 1.03 bits per heavy atom. The number of nitrogens with one attached hydrogen (secondary N) is 4.